The molecule has 1 heterocycles. The highest BCUT2D eigenvalue weighted by molar-refractivity contribution is 9.10. The highest BCUT2D eigenvalue weighted by Gasteiger charge is 2.22. The van der Waals surface area contributed by atoms with Gasteiger partial charge in [0.25, 0.3) is 21.6 Å². The molecule has 1 N–H and O–H groups in total. The predicted octanol–water partition coefficient (Wildman–Crippen LogP) is 5.65. The van der Waals surface area contributed by atoms with Crippen molar-refractivity contribution in [1.82, 2.24) is 0 Å². The van der Waals surface area contributed by atoms with E-state index in [1.54, 1.807) is 42.5 Å². The minimum Gasteiger partial charge on any atom is -0.321 e. The molecule has 1 aromatic heterocycles. The number of anilines is 2. The summed E-state index contributed by atoms with van der Waals surface area (Å²) in [4.78, 5) is 23.6. The lowest BCUT2D eigenvalue weighted by molar-refractivity contribution is -0.384. The van der Waals surface area contributed by atoms with Crippen LogP contribution >= 0.6 is 27.3 Å². The zero-order valence-corrected chi connectivity index (χ0v) is 20.3. The number of nitro benzene ring substituents is 1. The van der Waals surface area contributed by atoms with Gasteiger partial charge in [-0.1, -0.05) is 22.0 Å². The van der Waals surface area contributed by atoms with Gasteiger partial charge in [-0.05, 0) is 60.0 Å². The van der Waals surface area contributed by atoms with E-state index < -0.39 is 20.9 Å². The van der Waals surface area contributed by atoms with Crippen molar-refractivity contribution < 1.29 is 18.1 Å². The van der Waals surface area contributed by atoms with Crippen LogP contribution < -0.4 is 9.62 Å². The number of halogens is 1. The van der Waals surface area contributed by atoms with Crippen molar-refractivity contribution in [3.05, 3.63) is 92.3 Å². The second-order valence-corrected chi connectivity index (χ2v) is 11.0. The molecule has 11 heteroatoms. The fourth-order valence-electron chi connectivity index (χ4n) is 3.13. The molecule has 4 rings (SSSR count). The zero-order chi connectivity index (χ0) is 23.8. The van der Waals surface area contributed by atoms with E-state index in [1.807, 2.05) is 0 Å². The van der Waals surface area contributed by atoms with Crippen LogP contribution in [0.25, 0.3) is 10.1 Å². The van der Waals surface area contributed by atoms with E-state index in [0.717, 1.165) is 9.17 Å². The van der Waals surface area contributed by atoms with Crippen molar-refractivity contribution in [3.63, 3.8) is 0 Å². The van der Waals surface area contributed by atoms with Crippen molar-refractivity contribution in [2.24, 2.45) is 0 Å². The highest BCUT2D eigenvalue weighted by Crippen LogP contribution is 2.32. The number of carbonyl (C=O) groups excluding carboxylic acids is 1. The molecule has 8 nitrogen and oxygen atoms in total. The van der Waals surface area contributed by atoms with E-state index in [1.165, 1.54) is 53.0 Å². The number of hydrogen-bond donors (Lipinski definition) is 1. The number of hydrogen-bond acceptors (Lipinski definition) is 6. The van der Waals surface area contributed by atoms with Gasteiger partial charge in [0.05, 0.1) is 20.4 Å². The SMILES string of the molecule is CN(c1ccc2sc(C(=O)Nc3cccc([N+](=O)[O-])c3)cc2c1)S(=O)(=O)c1ccc(Br)cc1. The van der Waals surface area contributed by atoms with Crippen LogP contribution in [0.5, 0.6) is 0 Å². The molecule has 168 valence electrons. The molecule has 1 amide bonds. The minimum absolute atomic E-state index is 0.121. The second kappa shape index (κ2) is 8.93. The predicted molar refractivity (Wildman–Crippen MR) is 133 cm³/mol. The number of nitrogens with zero attached hydrogens (tertiary/aromatic N) is 2. The van der Waals surface area contributed by atoms with Gasteiger partial charge in [-0.3, -0.25) is 19.2 Å². The van der Waals surface area contributed by atoms with E-state index >= 15 is 0 Å². The summed E-state index contributed by atoms with van der Waals surface area (Å²) in [5.74, 6) is -0.408. The maximum atomic E-state index is 13.0. The normalized spacial score (nSPS) is 11.3. The summed E-state index contributed by atoms with van der Waals surface area (Å²) in [5.41, 5.74) is 0.644. The lowest BCUT2D eigenvalue weighted by Crippen LogP contribution is -2.26. The van der Waals surface area contributed by atoms with E-state index in [-0.39, 0.29) is 10.6 Å². The minimum atomic E-state index is -3.76. The average Bonchev–Trinajstić information content (AvgIpc) is 3.22. The third kappa shape index (κ3) is 4.75. The number of fused-ring (bicyclic) bond motifs is 1. The number of benzene rings is 3. The first-order valence-electron chi connectivity index (χ1n) is 9.49. The quantitative estimate of drug-likeness (QED) is 0.248. The molecule has 0 radical (unpaired) electrons. The van der Waals surface area contributed by atoms with Crippen LogP contribution in [0.15, 0.2) is 82.2 Å². The van der Waals surface area contributed by atoms with E-state index in [0.29, 0.717) is 21.6 Å². The van der Waals surface area contributed by atoms with Gasteiger partial charge in [-0.25, -0.2) is 8.42 Å². The molecule has 0 aliphatic rings. The van der Waals surface area contributed by atoms with E-state index in [2.05, 4.69) is 21.2 Å². The van der Waals surface area contributed by atoms with Crippen LogP contribution in [0.3, 0.4) is 0 Å². The standard InChI is InChI=1S/C22H16BrN3O5S2/c1-25(33(30,31)19-8-5-15(23)6-9-19)17-7-10-20-14(11-17)12-21(32-20)22(27)24-16-3-2-4-18(13-16)26(28)29/h2-13H,1H3,(H,24,27). The number of thiophene rings is 1. The van der Waals surface area contributed by atoms with Gasteiger partial charge in [0.15, 0.2) is 0 Å². The first-order chi connectivity index (χ1) is 15.6. The summed E-state index contributed by atoms with van der Waals surface area (Å²) in [6.45, 7) is 0. The summed E-state index contributed by atoms with van der Waals surface area (Å²) in [5, 5.41) is 14.3. The molecular formula is C22H16BrN3O5S2. The van der Waals surface area contributed by atoms with Crippen LogP contribution in [-0.2, 0) is 10.0 Å². The monoisotopic (exact) mass is 545 g/mol. The fourth-order valence-corrected chi connectivity index (χ4v) is 5.52. The molecule has 4 aromatic rings. The van der Waals surface area contributed by atoms with Crippen molar-refractivity contribution in [2.45, 2.75) is 4.90 Å². The topological polar surface area (TPSA) is 110 Å². The molecule has 0 saturated heterocycles. The molecule has 0 unspecified atom stereocenters. The van der Waals surface area contributed by atoms with Gasteiger partial charge in [-0.15, -0.1) is 11.3 Å². The van der Waals surface area contributed by atoms with Crippen molar-refractivity contribution in [3.8, 4) is 0 Å². The van der Waals surface area contributed by atoms with Gasteiger partial charge in [0.2, 0.25) is 0 Å². The largest absolute Gasteiger partial charge is 0.321 e. The summed E-state index contributed by atoms with van der Waals surface area (Å²) in [7, 11) is -2.28. The number of nitrogens with one attached hydrogen (secondary N) is 1. The Morgan fingerprint density at radius 3 is 2.48 bits per heavy atom. The molecule has 33 heavy (non-hydrogen) atoms. The van der Waals surface area contributed by atoms with E-state index in [4.69, 9.17) is 0 Å². The lowest BCUT2D eigenvalue weighted by atomic mass is 10.2. The smallest absolute Gasteiger partial charge is 0.271 e. The molecule has 0 fully saturated rings. The van der Waals surface area contributed by atoms with Crippen LogP contribution in [0.4, 0.5) is 17.1 Å². The Hall–Kier alpha value is -3.28. The molecule has 0 atom stereocenters. The van der Waals surface area contributed by atoms with Crippen LogP contribution in [0.1, 0.15) is 9.67 Å². The number of non-ortho nitro benzene ring substituents is 1. The Labute approximate surface area is 201 Å². The molecule has 0 aliphatic heterocycles. The maximum absolute atomic E-state index is 13.0. The second-order valence-electron chi connectivity index (χ2n) is 7.02. The summed E-state index contributed by atoms with van der Waals surface area (Å²) >= 11 is 4.54. The molecule has 3 aromatic carbocycles. The van der Waals surface area contributed by atoms with Gasteiger partial charge in [0, 0.05) is 34.0 Å². The van der Waals surface area contributed by atoms with Gasteiger partial charge in [0.1, 0.15) is 0 Å². The van der Waals surface area contributed by atoms with E-state index in [9.17, 15) is 23.3 Å². The van der Waals surface area contributed by atoms with Gasteiger partial charge in [-0.2, -0.15) is 0 Å². The lowest BCUT2D eigenvalue weighted by Gasteiger charge is -2.19. The molecule has 0 aliphatic carbocycles. The number of nitro groups is 1. The molecular weight excluding hydrogens is 530 g/mol. The fraction of sp³-hybridized carbons (Fsp3) is 0.0455. The molecule has 0 spiro atoms. The third-order valence-electron chi connectivity index (χ3n) is 4.87. The molecule has 0 saturated carbocycles. The number of sulfonamides is 1. The number of rotatable bonds is 6. The Bertz CT molecular complexity index is 1480. The summed E-state index contributed by atoms with van der Waals surface area (Å²) < 4.78 is 28.7. The van der Waals surface area contributed by atoms with Crippen molar-refractivity contribution in [2.75, 3.05) is 16.7 Å². The van der Waals surface area contributed by atoms with Crippen molar-refractivity contribution >= 4 is 70.3 Å². The van der Waals surface area contributed by atoms with Crippen LogP contribution in [0, 0.1) is 10.1 Å². The first-order valence-corrected chi connectivity index (χ1v) is 12.5. The number of amides is 1. The number of carbonyl (C=O) groups is 1. The van der Waals surface area contributed by atoms with Gasteiger partial charge < -0.3 is 5.32 Å². The molecule has 0 bridgehead atoms. The highest BCUT2D eigenvalue weighted by atomic mass is 79.9. The summed E-state index contributed by atoms with van der Waals surface area (Å²) in [6, 6.07) is 18.9. The Morgan fingerprint density at radius 2 is 1.79 bits per heavy atom. The Morgan fingerprint density at radius 1 is 1.06 bits per heavy atom. The van der Waals surface area contributed by atoms with Crippen LogP contribution in [0.2, 0.25) is 0 Å². The third-order valence-corrected chi connectivity index (χ3v) is 8.32. The Balaban J connectivity index is 1.59. The maximum Gasteiger partial charge on any atom is 0.271 e. The van der Waals surface area contributed by atoms with Crippen LogP contribution in [-0.4, -0.2) is 26.3 Å². The van der Waals surface area contributed by atoms with Gasteiger partial charge >= 0.3 is 0 Å². The summed E-state index contributed by atoms with van der Waals surface area (Å²) in [6.07, 6.45) is 0. The van der Waals surface area contributed by atoms with Crippen molar-refractivity contribution in [1.29, 1.82) is 0 Å². The average molecular weight is 546 g/mol. The zero-order valence-electron chi connectivity index (χ0n) is 17.1. The first kappa shape index (κ1) is 22.9. The Kier molecular flexibility index (Phi) is 6.19.